The largest absolute Gasteiger partial charge is 0.477 e. The van der Waals surface area contributed by atoms with Gasteiger partial charge in [0.15, 0.2) is 5.13 Å². The summed E-state index contributed by atoms with van der Waals surface area (Å²) in [6.45, 7) is 5.01. The predicted octanol–water partition coefficient (Wildman–Crippen LogP) is 1.93. The molecule has 1 aliphatic heterocycles. The number of hydrogen-bond donors (Lipinski definition) is 1. The van der Waals surface area contributed by atoms with Crippen LogP contribution in [0.2, 0.25) is 0 Å². The van der Waals surface area contributed by atoms with Crippen LogP contribution in [0.1, 0.15) is 28.2 Å². The van der Waals surface area contributed by atoms with E-state index in [0.717, 1.165) is 24.8 Å². The second-order valence-electron chi connectivity index (χ2n) is 5.34. The number of likely N-dealkylation sites (tertiary alicyclic amines) is 1. The van der Waals surface area contributed by atoms with Gasteiger partial charge in [-0.25, -0.2) is 9.78 Å². The number of carbonyl (C=O) groups is 1. The van der Waals surface area contributed by atoms with Crippen LogP contribution >= 0.6 is 11.3 Å². The maximum absolute atomic E-state index is 11.0. The summed E-state index contributed by atoms with van der Waals surface area (Å²) in [5.74, 6) is -0.201. The maximum atomic E-state index is 11.0. The summed E-state index contributed by atoms with van der Waals surface area (Å²) >= 11 is 1.27. The second kappa shape index (κ2) is 5.88. The minimum absolute atomic E-state index is 0.352. The number of carboxylic acid groups (broad SMARTS) is 1. The topological polar surface area (TPSA) is 56.7 Å². The van der Waals surface area contributed by atoms with E-state index in [9.17, 15) is 4.79 Å². The number of aromatic carboxylic acids is 1. The fourth-order valence-electron chi connectivity index (χ4n) is 2.45. The van der Waals surface area contributed by atoms with Crippen molar-refractivity contribution in [1.29, 1.82) is 0 Å². The molecule has 6 heteroatoms. The van der Waals surface area contributed by atoms with Crippen LogP contribution in [0.15, 0.2) is 0 Å². The van der Waals surface area contributed by atoms with Gasteiger partial charge in [-0.2, -0.15) is 0 Å². The molecule has 0 radical (unpaired) electrons. The zero-order valence-electron chi connectivity index (χ0n) is 11.7. The summed E-state index contributed by atoms with van der Waals surface area (Å²) in [4.78, 5) is 20.2. The van der Waals surface area contributed by atoms with E-state index in [4.69, 9.17) is 5.11 Å². The molecule has 2 rings (SSSR count). The normalized spacial score (nSPS) is 17.6. The third kappa shape index (κ3) is 3.45. The molecule has 0 spiro atoms. The molecule has 1 N–H and O–H groups in total. The van der Waals surface area contributed by atoms with Crippen LogP contribution in [-0.2, 0) is 0 Å². The Kier molecular flexibility index (Phi) is 4.42. The van der Waals surface area contributed by atoms with Gasteiger partial charge >= 0.3 is 5.97 Å². The molecule has 5 nitrogen and oxygen atoms in total. The number of thiazole rings is 1. The van der Waals surface area contributed by atoms with Crippen molar-refractivity contribution in [2.75, 3.05) is 38.6 Å². The predicted molar refractivity (Wildman–Crippen MR) is 77.3 cm³/mol. The SMILES string of the molecule is Cc1nc(N(C)CC2CCN(C)CC2)sc1C(=O)O. The van der Waals surface area contributed by atoms with E-state index in [2.05, 4.69) is 21.8 Å². The van der Waals surface area contributed by atoms with Gasteiger partial charge in [-0.3, -0.25) is 0 Å². The Labute approximate surface area is 117 Å². The summed E-state index contributed by atoms with van der Waals surface area (Å²) < 4.78 is 0. The molecule has 2 heterocycles. The van der Waals surface area contributed by atoms with Gasteiger partial charge in [0, 0.05) is 13.6 Å². The van der Waals surface area contributed by atoms with Crippen LogP contribution in [0, 0.1) is 12.8 Å². The lowest BCUT2D eigenvalue weighted by atomic mass is 9.97. The summed E-state index contributed by atoms with van der Waals surface area (Å²) in [7, 11) is 4.16. The molecular weight excluding hydrogens is 262 g/mol. The van der Waals surface area contributed by atoms with Crippen molar-refractivity contribution < 1.29 is 9.90 Å². The molecule has 1 aliphatic rings. The highest BCUT2D eigenvalue weighted by Crippen LogP contribution is 2.27. The molecule has 0 bridgehead atoms. The number of carboxylic acids is 1. The fourth-order valence-corrected chi connectivity index (χ4v) is 3.33. The molecule has 0 atom stereocenters. The third-order valence-corrected chi connectivity index (χ3v) is 4.94. The first-order chi connectivity index (χ1) is 8.97. The summed E-state index contributed by atoms with van der Waals surface area (Å²) in [5, 5.41) is 9.87. The van der Waals surface area contributed by atoms with Crippen molar-refractivity contribution in [3.8, 4) is 0 Å². The van der Waals surface area contributed by atoms with Gasteiger partial charge in [0.1, 0.15) is 4.88 Å². The van der Waals surface area contributed by atoms with Crippen molar-refractivity contribution in [1.82, 2.24) is 9.88 Å². The smallest absolute Gasteiger partial charge is 0.347 e. The average molecular weight is 283 g/mol. The van der Waals surface area contributed by atoms with Crippen molar-refractivity contribution in [3.05, 3.63) is 10.6 Å². The minimum Gasteiger partial charge on any atom is -0.477 e. The third-order valence-electron chi connectivity index (χ3n) is 3.68. The molecule has 0 amide bonds. The number of anilines is 1. The van der Waals surface area contributed by atoms with Crippen molar-refractivity contribution >= 4 is 22.4 Å². The maximum Gasteiger partial charge on any atom is 0.347 e. The molecule has 1 fully saturated rings. The lowest BCUT2D eigenvalue weighted by molar-refractivity contribution is 0.0701. The van der Waals surface area contributed by atoms with Crippen molar-refractivity contribution in [2.45, 2.75) is 19.8 Å². The summed E-state index contributed by atoms with van der Waals surface area (Å²) in [6, 6.07) is 0. The van der Waals surface area contributed by atoms with Gasteiger partial charge in [0.2, 0.25) is 0 Å². The second-order valence-corrected chi connectivity index (χ2v) is 6.32. The van der Waals surface area contributed by atoms with Crippen molar-refractivity contribution in [3.63, 3.8) is 0 Å². The van der Waals surface area contributed by atoms with Crippen LogP contribution in [0.4, 0.5) is 5.13 Å². The number of rotatable bonds is 4. The molecule has 1 saturated heterocycles. The number of aromatic nitrogens is 1. The molecule has 0 aliphatic carbocycles. The van der Waals surface area contributed by atoms with Crippen LogP contribution in [0.3, 0.4) is 0 Å². The van der Waals surface area contributed by atoms with Crippen LogP contribution in [-0.4, -0.2) is 54.7 Å². The molecule has 0 saturated carbocycles. The Morgan fingerprint density at radius 3 is 2.68 bits per heavy atom. The van der Waals surface area contributed by atoms with Crippen molar-refractivity contribution in [2.24, 2.45) is 5.92 Å². The van der Waals surface area contributed by atoms with Gasteiger partial charge in [0.05, 0.1) is 5.69 Å². The van der Waals surface area contributed by atoms with E-state index in [1.165, 1.54) is 24.2 Å². The van der Waals surface area contributed by atoms with E-state index in [1.54, 1.807) is 6.92 Å². The van der Waals surface area contributed by atoms with Gasteiger partial charge < -0.3 is 14.9 Å². The number of hydrogen-bond acceptors (Lipinski definition) is 5. The Hall–Kier alpha value is -1.14. The zero-order chi connectivity index (χ0) is 14.0. The molecule has 19 heavy (non-hydrogen) atoms. The van der Waals surface area contributed by atoms with E-state index < -0.39 is 5.97 Å². The Morgan fingerprint density at radius 1 is 1.53 bits per heavy atom. The summed E-state index contributed by atoms with van der Waals surface area (Å²) in [6.07, 6.45) is 2.41. The Morgan fingerprint density at radius 2 is 2.16 bits per heavy atom. The van der Waals surface area contributed by atoms with Crippen LogP contribution < -0.4 is 4.90 Å². The monoisotopic (exact) mass is 283 g/mol. The highest BCUT2D eigenvalue weighted by molar-refractivity contribution is 7.17. The molecule has 1 aromatic rings. The molecule has 106 valence electrons. The summed E-state index contributed by atoms with van der Waals surface area (Å²) in [5.41, 5.74) is 0.614. The molecular formula is C13H21N3O2S. The first-order valence-corrected chi connectivity index (χ1v) is 7.39. The van der Waals surface area contributed by atoms with Crippen LogP contribution in [0.5, 0.6) is 0 Å². The molecule has 0 unspecified atom stereocenters. The van der Waals surface area contributed by atoms with E-state index in [0.29, 0.717) is 16.5 Å². The highest BCUT2D eigenvalue weighted by atomic mass is 32.1. The minimum atomic E-state index is -0.881. The van der Waals surface area contributed by atoms with E-state index in [-0.39, 0.29) is 0 Å². The van der Waals surface area contributed by atoms with Gasteiger partial charge in [-0.15, -0.1) is 0 Å². The Bertz CT molecular complexity index is 453. The highest BCUT2D eigenvalue weighted by Gasteiger charge is 2.21. The lowest BCUT2D eigenvalue weighted by Crippen LogP contribution is -2.35. The fraction of sp³-hybridized carbons (Fsp3) is 0.692. The standard InChI is InChI=1S/C13H21N3O2S/c1-9-11(12(17)18)19-13(14-9)16(3)8-10-4-6-15(2)7-5-10/h10H,4-8H2,1-3H3,(H,17,18). The molecule has 1 aromatic heterocycles. The Balaban J connectivity index is 1.98. The average Bonchev–Trinajstić information content (AvgIpc) is 2.74. The number of aryl methyl sites for hydroxylation is 1. The van der Waals surface area contributed by atoms with E-state index in [1.807, 2.05) is 7.05 Å². The van der Waals surface area contributed by atoms with E-state index >= 15 is 0 Å². The van der Waals surface area contributed by atoms with Gasteiger partial charge in [0.25, 0.3) is 0 Å². The number of nitrogens with zero attached hydrogens (tertiary/aromatic N) is 3. The zero-order valence-corrected chi connectivity index (χ0v) is 12.5. The van der Waals surface area contributed by atoms with Gasteiger partial charge in [-0.05, 0) is 45.8 Å². The lowest BCUT2D eigenvalue weighted by Gasteiger charge is -2.31. The first kappa shape index (κ1) is 14.3. The quantitative estimate of drug-likeness (QED) is 0.915. The first-order valence-electron chi connectivity index (χ1n) is 6.57. The number of piperidine rings is 1. The molecule has 0 aromatic carbocycles. The van der Waals surface area contributed by atoms with Crippen LogP contribution in [0.25, 0.3) is 0 Å². The van der Waals surface area contributed by atoms with Gasteiger partial charge in [-0.1, -0.05) is 11.3 Å².